The zero-order valence-corrected chi connectivity index (χ0v) is 16.4. The Bertz CT molecular complexity index is 899. The van der Waals surface area contributed by atoms with E-state index in [4.69, 9.17) is 14.7 Å². The number of benzene rings is 1. The van der Waals surface area contributed by atoms with Gasteiger partial charge in [0.15, 0.2) is 0 Å². The van der Waals surface area contributed by atoms with Gasteiger partial charge in [0, 0.05) is 25.2 Å². The molecule has 0 atom stereocenters. The molecular weight excluding hydrogens is 356 g/mol. The summed E-state index contributed by atoms with van der Waals surface area (Å²) >= 11 is 0. The van der Waals surface area contributed by atoms with Crippen LogP contribution in [-0.2, 0) is 0 Å². The summed E-state index contributed by atoms with van der Waals surface area (Å²) in [5, 5.41) is 12.5. The minimum absolute atomic E-state index is 0.0434. The number of amides is 1. The van der Waals surface area contributed by atoms with Gasteiger partial charge in [-0.15, -0.1) is 0 Å². The van der Waals surface area contributed by atoms with Crippen LogP contribution in [0.5, 0.6) is 11.5 Å². The molecule has 3 rings (SSSR count). The van der Waals surface area contributed by atoms with Crippen molar-refractivity contribution in [2.24, 2.45) is 0 Å². The van der Waals surface area contributed by atoms with Crippen molar-refractivity contribution in [3.8, 4) is 17.6 Å². The lowest BCUT2D eigenvalue weighted by Crippen LogP contribution is -2.42. The maximum Gasteiger partial charge on any atom is 0.257 e. The lowest BCUT2D eigenvalue weighted by Gasteiger charge is -2.33. The molecule has 28 heavy (non-hydrogen) atoms. The molecule has 0 radical (unpaired) electrons. The molecule has 0 bridgehead atoms. The van der Waals surface area contributed by atoms with E-state index in [1.807, 2.05) is 24.0 Å². The molecule has 1 aliphatic heterocycles. The number of carbonyl (C=O) groups is 1. The number of aryl methyl sites for hydroxylation is 1. The van der Waals surface area contributed by atoms with Gasteiger partial charge in [-0.3, -0.25) is 4.79 Å². The van der Waals surface area contributed by atoms with Crippen LogP contribution in [-0.4, -0.2) is 49.1 Å². The highest BCUT2D eigenvalue weighted by Crippen LogP contribution is 2.27. The van der Waals surface area contributed by atoms with Crippen LogP contribution in [0.3, 0.4) is 0 Å². The van der Waals surface area contributed by atoms with E-state index in [-0.39, 0.29) is 11.9 Å². The van der Waals surface area contributed by atoms with Crippen molar-refractivity contribution in [2.75, 3.05) is 32.6 Å². The van der Waals surface area contributed by atoms with Crippen LogP contribution in [0.15, 0.2) is 30.3 Å². The third kappa shape index (κ3) is 4.17. The smallest absolute Gasteiger partial charge is 0.257 e. The van der Waals surface area contributed by atoms with Gasteiger partial charge in [-0.1, -0.05) is 6.07 Å². The van der Waals surface area contributed by atoms with Crippen molar-refractivity contribution in [1.29, 1.82) is 5.26 Å². The normalized spacial score (nSPS) is 14.3. The molecule has 1 aromatic carbocycles. The third-order valence-corrected chi connectivity index (χ3v) is 4.98. The highest BCUT2D eigenvalue weighted by Gasteiger charge is 2.26. The molecule has 1 N–H and O–H groups in total. The van der Waals surface area contributed by atoms with Crippen molar-refractivity contribution >= 4 is 11.7 Å². The van der Waals surface area contributed by atoms with Crippen molar-refractivity contribution in [3.05, 3.63) is 47.2 Å². The Morgan fingerprint density at radius 2 is 1.96 bits per heavy atom. The average Bonchev–Trinajstić information content (AvgIpc) is 2.74. The van der Waals surface area contributed by atoms with Gasteiger partial charge in [-0.25, -0.2) is 4.98 Å². The number of hydrogen-bond acceptors (Lipinski definition) is 6. The van der Waals surface area contributed by atoms with Crippen molar-refractivity contribution in [2.45, 2.75) is 25.8 Å². The van der Waals surface area contributed by atoms with Gasteiger partial charge in [0.2, 0.25) is 0 Å². The van der Waals surface area contributed by atoms with Gasteiger partial charge in [0.25, 0.3) is 5.91 Å². The first-order chi connectivity index (χ1) is 13.5. The molecule has 0 saturated carbocycles. The van der Waals surface area contributed by atoms with Crippen molar-refractivity contribution in [1.82, 2.24) is 9.88 Å². The Labute approximate surface area is 164 Å². The van der Waals surface area contributed by atoms with E-state index in [2.05, 4.69) is 16.4 Å². The Morgan fingerprint density at radius 1 is 1.21 bits per heavy atom. The summed E-state index contributed by atoms with van der Waals surface area (Å²) in [5.41, 5.74) is 1.83. The summed E-state index contributed by atoms with van der Waals surface area (Å²) in [6.45, 7) is 3.15. The van der Waals surface area contributed by atoms with Crippen LogP contribution in [0.1, 0.15) is 34.5 Å². The first-order valence-electron chi connectivity index (χ1n) is 9.21. The molecular formula is C21H24N4O3. The number of likely N-dealkylation sites (tertiary alicyclic amines) is 1. The molecule has 1 aromatic heterocycles. The number of anilines is 1. The molecule has 2 aromatic rings. The van der Waals surface area contributed by atoms with Gasteiger partial charge < -0.3 is 19.7 Å². The van der Waals surface area contributed by atoms with Crippen LogP contribution in [0.25, 0.3) is 0 Å². The average molecular weight is 380 g/mol. The fraction of sp³-hybridized carbons (Fsp3) is 0.381. The minimum atomic E-state index is -0.0434. The monoisotopic (exact) mass is 380 g/mol. The van der Waals surface area contributed by atoms with Crippen LogP contribution >= 0.6 is 0 Å². The summed E-state index contributed by atoms with van der Waals surface area (Å²) < 4.78 is 10.5. The van der Waals surface area contributed by atoms with E-state index in [1.165, 1.54) is 0 Å². The molecule has 7 heteroatoms. The predicted octanol–water partition coefficient (Wildman–Crippen LogP) is 3.00. The number of aromatic nitrogens is 1. The van der Waals surface area contributed by atoms with Crippen LogP contribution in [0, 0.1) is 18.3 Å². The summed E-state index contributed by atoms with van der Waals surface area (Å²) in [4.78, 5) is 19.1. The summed E-state index contributed by atoms with van der Waals surface area (Å²) in [5.74, 6) is 1.82. The van der Waals surface area contributed by atoms with E-state index in [9.17, 15) is 4.79 Å². The fourth-order valence-corrected chi connectivity index (χ4v) is 3.30. The van der Waals surface area contributed by atoms with E-state index in [0.29, 0.717) is 41.7 Å². The highest BCUT2D eigenvalue weighted by molar-refractivity contribution is 5.97. The zero-order valence-electron chi connectivity index (χ0n) is 16.4. The fourth-order valence-electron chi connectivity index (χ4n) is 3.30. The number of carbonyl (C=O) groups excluding carboxylic acids is 1. The predicted molar refractivity (Wildman–Crippen MR) is 106 cm³/mol. The van der Waals surface area contributed by atoms with E-state index >= 15 is 0 Å². The first kappa shape index (κ1) is 19.5. The van der Waals surface area contributed by atoms with Crippen LogP contribution in [0.4, 0.5) is 5.82 Å². The van der Waals surface area contributed by atoms with Crippen LogP contribution < -0.4 is 14.8 Å². The van der Waals surface area contributed by atoms with Gasteiger partial charge >= 0.3 is 0 Å². The van der Waals surface area contributed by atoms with Crippen molar-refractivity contribution < 1.29 is 14.3 Å². The molecule has 146 valence electrons. The van der Waals surface area contributed by atoms with E-state index in [1.54, 1.807) is 32.4 Å². The first-order valence-corrected chi connectivity index (χ1v) is 9.21. The second-order valence-corrected chi connectivity index (χ2v) is 6.75. The zero-order chi connectivity index (χ0) is 20.1. The molecule has 1 fully saturated rings. The highest BCUT2D eigenvalue weighted by atomic mass is 16.5. The van der Waals surface area contributed by atoms with Crippen LogP contribution in [0.2, 0.25) is 0 Å². The van der Waals surface area contributed by atoms with Gasteiger partial charge in [0.05, 0.1) is 19.8 Å². The maximum absolute atomic E-state index is 12.9. The number of methoxy groups -OCH3 is 2. The second-order valence-electron chi connectivity index (χ2n) is 6.75. The lowest BCUT2D eigenvalue weighted by molar-refractivity contribution is 0.0715. The molecule has 1 aliphatic rings. The quantitative estimate of drug-likeness (QED) is 0.858. The minimum Gasteiger partial charge on any atom is -0.497 e. The standard InChI is InChI=1S/C21H24N4O3/c1-14-4-7-20(24-18(14)13-22)23-15-8-10-25(11-9-15)21(26)17-6-5-16(27-2)12-19(17)28-3/h4-7,12,15H,8-11H2,1-3H3,(H,23,24). The number of nitrogens with one attached hydrogen (secondary N) is 1. The number of ether oxygens (including phenoxy) is 2. The molecule has 1 saturated heterocycles. The Balaban J connectivity index is 1.62. The summed E-state index contributed by atoms with van der Waals surface area (Å²) in [7, 11) is 3.13. The van der Waals surface area contributed by atoms with Gasteiger partial charge in [0.1, 0.15) is 29.1 Å². The Hall–Kier alpha value is -3.27. The second kappa shape index (κ2) is 8.61. The molecule has 0 aliphatic carbocycles. The molecule has 0 spiro atoms. The molecule has 0 unspecified atom stereocenters. The SMILES string of the molecule is COc1ccc(C(=O)N2CCC(Nc3ccc(C)c(C#N)n3)CC2)c(OC)c1. The molecule has 2 heterocycles. The third-order valence-electron chi connectivity index (χ3n) is 4.98. The topological polar surface area (TPSA) is 87.5 Å². The van der Waals surface area contributed by atoms with Gasteiger partial charge in [-0.2, -0.15) is 5.26 Å². The Morgan fingerprint density at radius 3 is 2.61 bits per heavy atom. The van der Waals surface area contributed by atoms with Crippen molar-refractivity contribution in [3.63, 3.8) is 0 Å². The molecule has 7 nitrogen and oxygen atoms in total. The summed E-state index contributed by atoms with van der Waals surface area (Å²) in [6.07, 6.45) is 1.61. The summed E-state index contributed by atoms with van der Waals surface area (Å²) in [6, 6.07) is 11.3. The number of rotatable bonds is 5. The molecule has 1 amide bonds. The number of nitriles is 1. The van der Waals surface area contributed by atoms with E-state index in [0.717, 1.165) is 18.4 Å². The Kier molecular flexibility index (Phi) is 5.99. The van der Waals surface area contributed by atoms with E-state index < -0.39 is 0 Å². The number of hydrogen-bond donors (Lipinski definition) is 1. The lowest BCUT2D eigenvalue weighted by atomic mass is 10.0. The number of piperidine rings is 1. The number of pyridine rings is 1. The largest absolute Gasteiger partial charge is 0.497 e. The van der Waals surface area contributed by atoms with Gasteiger partial charge in [-0.05, 0) is 43.5 Å². The maximum atomic E-state index is 12.9. The number of nitrogens with zero attached hydrogens (tertiary/aromatic N) is 3.